The predicted molar refractivity (Wildman–Crippen MR) is 96.8 cm³/mol. The highest BCUT2D eigenvalue weighted by Crippen LogP contribution is 2.32. The summed E-state index contributed by atoms with van der Waals surface area (Å²) in [7, 11) is 1.39. The summed E-state index contributed by atoms with van der Waals surface area (Å²) in [4.78, 5) is 25.8. The van der Waals surface area contributed by atoms with Gasteiger partial charge >= 0.3 is 5.97 Å². The highest BCUT2D eigenvalue weighted by atomic mass is 32.2. The zero-order valence-corrected chi connectivity index (χ0v) is 14.6. The molecule has 1 aromatic rings. The van der Waals surface area contributed by atoms with E-state index in [-0.39, 0.29) is 11.9 Å². The van der Waals surface area contributed by atoms with Gasteiger partial charge < -0.3 is 4.74 Å². The Labute approximate surface area is 145 Å². The normalized spacial score (nSPS) is 16.2. The van der Waals surface area contributed by atoms with Gasteiger partial charge in [-0.15, -0.1) is 0 Å². The molecule has 0 atom stereocenters. The number of nitrogens with zero attached hydrogens (tertiary/aromatic N) is 1. The SMILES string of the molecule is COC(=O)CCCCCN1C(=O)/C(=C/c2ccccc2)SC1=S. The first-order chi connectivity index (χ1) is 11.1. The van der Waals surface area contributed by atoms with Crippen LogP contribution in [0.25, 0.3) is 6.08 Å². The van der Waals surface area contributed by atoms with E-state index < -0.39 is 0 Å². The molecule has 0 bridgehead atoms. The number of benzene rings is 1. The van der Waals surface area contributed by atoms with Crippen molar-refractivity contribution in [3.63, 3.8) is 0 Å². The molecule has 122 valence electrons. The standard InChI is InChI=1S/C17H19NO3S2/c1-21-15(19)10-6-3-7-11-18-16(20)14(23-17(18)22)12-13-8-4-2-5-9-13/h2,4-5,8-9,12H,3,6-7,10-11H2,1H3/b14-12-. The van der Waals surface area contributed by atoms with Crippen molar-refractivity contribution >= 4 is 46.3 Å². The number of thioether (sulfide) groups is 1. The van der Waals surface area contributed by atoms with Crippen LogP contribution in [0.2, 0.25) is 0 Å². The fourth-order valence-corrected chi connectivity index (χ4v) is 3.52. The lowest BCUT2D eigenvalue weighted by Gasteiger charge is -2.13. The minimum absolute atomic E-state index is 0.0307. The van der Waals surface area contributed by atoms with Gasteiger partial charge in [0.2, 0.25) is 0 Å². The van der Waals surface area contributed by atoms with Crippen molar-refractivity contribution in [2.75, 3.05) is 13.7 Å². The number of methoxy groups -OCH3 is 1. The Bertz CT molecular complexity index is 614. The first-order valence-corrected chi connectivity index (χ1v) is 8.71. The number of thiocarbonyl (C=S) groups is 1. The molecule has 0 aromatic heterocycles. The molecule has 1 aliphatic heterocycles. The quantitative estimate of drug-likeness (QED) is 0.326. The van der Waals surface area contributed by atoms with Gasteiger partial charge in [-0.3, -0.25) is 14.5 Å². The Morgan fingerprint density at radius 2 is 2.00 bits per heavy atom. The molecular formula is C17H19NO3S2. The lowest BCUT2D eigenvalue weighted by atomic mass is 10.2. The first-order valence-electron chi connectivity index (χ1n) is 7.49. The first kappa shape index (κ1) is 17.7. The molecule has 1 heterocycles. The summed E-state index contributed by atoms with van der Waals surface area (Å²) >= 11 is 6.65. The molecule has 0 N–H and O–H groups in total. The van der Waals surface area contributed by atoms with E-state index in [1.807, 2.05) is 36.4 Å². The van der Waals surface area contributed by atoms with Crippen LogP contribution in [-0.2, 0) is 14.3 Å². The van der Waals surface area contributed by atoms with Crippen LogP contribution in [0.1, 0.15) is 31.2 Å². The molecule has 1 aliphatic rings. The highest BCUT2D eigenvalue weighted by Gasteiger charge is 2.31. The van der Waals surface area contributed by atoms with Gasteiger partial charge in [0.05, 0.1) is 12.0 Å². The summed E-state index contributed by atoms with van der Waals surface area (Å²) < 4.78 is 5.20. The Morgan fingerprint density at radius 1 is 1.26 bits per heavy atom. The zero-order valence-electron chi connectivity index (χ0n) is 13.0. The molecule has 0 aliphatic carbocycles. The Morgan fingerprint density at radius 3 is 2.70 bits per heavy atom. The average molecular weight is 349 g/mol. The fraction of sp³-hybridized carbons (Fsp3) is 0.353. The second kappa shape index (κ2) is 8.84. The Balaban J connectivity index is 1.84. The van der Waals surface area contributed by atoms with Crippen LogP contribution in [0.4, 0.5) is 0 Å². The number of carbonyl (C=O) groups is 2. The van der Waals surface area contributed by atoms with Crippen molar-refractivity contribution in [2.45, 2.75) is 25.7 Å². The van der Waals surface area contributed by atoms with Crippen LogP contribution in [0.15, 0.2) is 35.2 Å². The minimum Gasteiger partial charge on any atom is -0.469 e. The number of carbonyl (C=O) groups excluding carboxylic acids is 2. The lowest BCUT2D eigenvalue weighted by Crippen LogP contribution is -2.29. The van der Waals surface area contributed by atoms with E-state index in [2.05, 4.69) is 4.74 Å². The van der Waals surface area contributed by atoms with Crippen LogP contribution in [0.5, 0.6) is 0 Å². The molecule has 1 aromatic carbocycles. The van der Waals surface area contributed by atoms with E-state index in [0.29, 0.717) is 22.2 Å². The maximum absolute atomic E-state index is 12.4. The summed E-state index contributed by atoms with van der Waals surface area (Å²) in [5, 5.41) is 0. The number of amides is 1. The van der Waals surface area contributed by atoms with Crippen LogP contribution in [-0.4, -0.2) is 34.8 Å². The van der Waals surface area contributed by atoms with Gasteiger partial charge in [0.15, 0.2) is 0 Å². The van der Waals surface area contributed by atoms with E-state index in [4.69, 9.17) is 12.2 Å². The minimum atomic E-state index is -0.193. The van der Waals surface area contributed by atoms with Gasteiger partial charge in [-0.2, -0.15) is 0 Å². The maximum Gasteiger partial charge on any atom is 0.305 e. The van der Waals surface area contributed by atoms with Crippen molar-refractivity contribution in [2.24, 2.45) is 0 Å². The molecule has 1 amide bonds. The zero-order chi connectivity index (χ0) is 16.7. The van der Waals surface area contributed by atoms with E-state index in [1.165, 1.54) is 18.9 Å². The molecular weight excluding hydrogens is 330 g/mol. The predicted octanol–water partition coefficient (Wildman–Crippen LogP) is 3.62. The molecule has 0 spiro atoms. The third-order valence-electron chi connectivity index (χ3n) is 3.46. The third kappa shape index (κ3) is 5.18. The molecule has 23 heavy (non-hydrogen) atoms. The van der Waals surface area contributed by atoms with Crippen molar-refractivity contribution in [1.82, 2.24) is 4.90 Å². The molecule has 0 saturated carbocycles. The molecule has 4 nitrogen and oxygen atoms in total. The number of rotatable bonds is 7. The number of hydrogen-bond acceptors (Lipinski definition) is 5. The van der Waals surface area contributed by atoms with Gasteiger partial charge in [0, 0.05) is 13.0 Å². The van der Waals surface area contributed by atoms with Gasteiger partial charge in [-0.05, 0) is 24.5 Å². The Kier molecular flexibility index (Phi) is 6.80. The third-order valence-corrected chi connectivity index (χ3v) is 4.84. The lowest BCUT2D eigenvalue weighted by molar-refractivity contribution is -0.140. The molecule has 6 heteroatoms. The summed E-state index contributed by atoms with van der Waals surface area (Å²) in [5.74, 6) is -0.224. The second-order valence-corrected chi connectivity index (χ2v) is 6.81. The van der Waals surface area contributed by atoms with Crippen LogP contribution in [0.3, 0.4) is 0 Å². The van der Waals surface area contributed by atoms with Crippen LogP contribution < -0.4 is 0 Å². The van der Waals surface area contributed by atoms with Crippen LogP contribution in [0, 0.1) is 0 Å². The van der Waals surface area contributed by atoms with Crippen LogP contribution >= 0.6 is 24.0 Å². The molecule has 2 rings (SSSR count). The number of unbranched alkanes of at least 4 members (excludes halogenated alkanes) is 2. The second-order valence-electron chi connectivity index (χ2n) is 5.13. The highest BCUT2D eigenvalue weighted by molar-refractivity contribution is 8.26. The summed E-state index contributed by atoms with van der Waals surface area (Å²) in [6, 6.07) is 9.73. The van der Waals surface area contributed by atoms with E-state index in [1.54, 1.807) is 4.90 Å². The average Bonchev–Trinajstić information content (AvgIpc) is 2.82. The molecule has 1 saturated heterocycles. The van der Waals surface area contributed by atoms with Crippen molar-refractivity contribution in [3.8, 4) is 0 Å². The van der Waals surface area contributed by atoms with Gasteiger partial charge in [-0.1, -0.05) is 60.7 Å². The van der Waals surface area contributed by atoms with Crippen molar-refractivity contribution in [3.05, 3.63) is 40.8 Å². The number of esters is 1. The molecule has 1 fully saturated rings. The Hall–Kier alpha value is -1.66. The van der Waals surface area contributed by atoms with Crippen molar-refractivity contribution in [1.29, 1.82) is 0 Å². The van der Waals surface area contributed by atoms with E-state index in [9.17, 15) is 9.59 Å². The summed E-state index contributed by atoms with van der Waals surface area (Å²) in [5.41, 5.74) is 0.992. The van der Waals surface area contributed by atoms with E-state index in [0.717, 1.165) is 24.8 Å². The summed E-state index contributed by atoms with van der Waals surface area (Å²) in [6.45, 7) is 0.595. The topological polar surface area (TPSA) is 46.6 Å². The summed E-state index contributed by atoms with van der Waals surface area (Å²) in [6.07, 6.45) is 4.74. The van der Waals surface area contributed by atoms with Crippen molar-refractivity contribution < 1.29 is 14.3 Å². The molecule has 0 unspecified atom stereocenters. The number of ether oxygens (including phenoxy) is 1. The largest absolute Gasteiger partial charge is 0.469 e. The van der Waals surface area contributed by atoms with Gasteiger partial charge in [0.1, 0.15) is 4.32 Å². The smallest absolute Gasteiger partial charge is 0.305 e. The van der Waals surface area contributed by atoms with E-state index >= 15 is 0 Å². The monoisotopic (exact) mass is 349 g/mol. The number of hydrogen-bond donors (Lipinski definition) is 0. The van der Waals surface area contributed by atoms with Gasteiger partial charge in [0.25, 0.3) is 5.91 Å². The maximum atomic E-state index is 12.4. The fourth-order valence-electron chi connectivity index (χ4n) is 2.21. The molecule has 0 radical (unpaired) electrons. The van der Waals surface area contributed by atoms with Gasteiger partial charge in [-0.25, -0.2) is 0 Å².